The molecule has 0 atom stereocenters. The Morgan fingerprint density at radius 3 is 0.926 bits per heavy atom. The van der Waals surface area contributed by atoms with E-state index in [1.165, 1.54) is 89.9 Å². The predicted octanol–water partition coefficient (Wildman–Crippen LogP) is 5.21. The van der Waals surface area contributed by atoms with E-state index in [0.29, 0.717) is 13.0 Å². The van der Waals surface area contributed by atoms with E-state index in [1.807, 2.05) is 6.92 Å². The SMILES string of the molecule is CCC(CO)(CO)CO.CCCCCCCCCCCCCCCCCO. The van der Waals surface area contributed by atoms with Crippen LogP contribution in [0.25, 0.3) is 0 Å². The molecule has 0 saturated carbocycles. The van der Waals surface area contributed by atoms with Crippen molar-refractivity contribution in [3.05, 3.63) is 0 Å². The smallest absolute Gasteiger partial charge is 0.0531 e. The van der Waals surface area contributed by atoms with Gasteiger partial charge in [0.05, 0.1) is 19.8 Å². The van der Waals surface area contributed by atoms with Gasteiger partial charge >= 0.3 is 0 Å². The van der Waals surface area contributed by atoms with Gasteiger partial charge in [-0.1, -0.05) is 104 Å². The minimum atomic E-state index is -0.667. The molecule has 166 valence electrons. The Bertz CT molecular complexity index is 221. The van der Waals surface area contributed by atoms with Crippen LogP contribution in [0.4, 0.5) is 0 Å². The lowest BCUT2D eigenvalue weighted by Crippen LogP contribution is -2.32. The fourth-order valence-corrected chi connectivity index (χ4v) is 2.97. The molecule has 0 aromatic rings. The third kappa shape index (κ3) is 20.4. The zero-order valence-corrected chi connectivity index (χ0v) is 18.4. The standard InChI is InChI=1S/C17H36O.C6H14O3/c1-2-3-4-5-6-7-8-9-10-11-12-13-14-15-16-17-18;1-2-6(3-7,4-8)5-9/h18H,2-17H2,1H3;7-9H,2-5H2,1H3. The molecule has 4 nitrogen and oxygen atoms in total. The van der Waals surface area contributed by atoms with Crippen LogP contribution in [-0.4, -0.2) is 46.9 Å². The van der Waals surface area contributed by atoms with Gasteiger partial charge < -0.3 is 20.4 Å². The average Bonchev–Trinajstić information content (AvgIpc) is 2.71. The monoisotopic (exact) mass is 390 g/mol. The Morgan fingerprint density at radius 2 is 0.741 bits per heavy atom. The van der Waals surface area contributed by atoms with Crippen LogP contribution in [0.3, 0.4) is 0 Å². The third-order valence-electron chi connectivity index (χ3n) is 5.52. The van der Waals surface area contributed by atoms with E-state index in [4.69, 9.17) is 20.4 Å². The maximum absolute atomic E-state index is 8.66. The molecule has 0 spiro atoms. The highest BCUT2D eigenvalue weighted by Crippen LogP contribution is 2.18. The lowest BCUT2D eigenvalue weighted by molar-refractivity contribution is 0.00304. The summed E-state index contributed by atoms with van der Waals surface area (Å²) in [4.78, 5) is 0. The van der Waals surface area contributed by atoms with Crippen LogP contribution in [0, 0.1) is 5.41 Å². The maximum atomic E-state index is 8.66. The fourth-order valence-electron chi connectivity index (χ4n) is 2.97. The third-order valence-corrected chi connectivity index (χ3v) is 5.52. The molecule has 0 aliphatic carbocycles. The molecule has 0 aliphatic rings. The van der Waals surface area contributed by atoms with E-state index in [9.17, 15) is 0 Å². The van der Waals surface area contributed by atoms with E-state index < -0.39 is 5.41 Å². The van der Waals surface area contributed by atoms with E-state index in [0.717, 1.165) is 6.42 Å². The molecule has 0 aromatic carbocycles. The van der Waals surface area contributed by atoms with E-state index in [-0.39, 0.29) is 19.8 Å². The van der Waals surface area contributed by atoms with Crippen molar-refractivity contribution in [3.8, 4) is 0 Å². The molecule has 0 amide bonds. The van der Waals surface area contributed by atoms with E-state index in [2.05, 4.69) is 6.92 Å². The second kappa shape index (κ2) is 23.9. The molecular weight excluding hydrogens is 340 g/mol. The molecule has 0 aliphatic heterocycles. The Kier molecular flexibility index (Phi) is 25.7. The lowest BCUT2D eigenvalue weighted by atomic mass is 9.88. The van der Waals surface area contributed by atoms with Gasteiger partial charge in [-0.15, -0.1) is 0 Å². The molecule has 0 aromatic heterocycles. The van der Waals surface area contributed by atoms with Crippen molar-refractivity contribution in [2.45, 2.75) is 117 Å². The van der Waals surface area contributed by atoms with Crippen LogP contribution in [-0.2, 0) is 0 Å². The Labute approximate surface area is 169 Å². The second-order valence-corrected chi connectivity index (χ2v) is 8.00. The van der Waals surface area contributed by atoms with Crippen molar-refractivity contribution < 1.29 is 20.4 Å². The van der Waals surface area contributed by atoms with Crippen LogP contribution in [0.1, 0.15) is 117 Å². The van der Waals surface area contributed by atoms with Crippen LogP contribution in [0.2, 0.25) is 0 Å². The second-order valence-electron chi connectivity index (χ2n) is 8.00. The highest BCUT2D eigenvalue weighted by Gasteiger charge is 2.24. The zero-order chi connectivity index (χ0) is 20.6. The first-order valence-corrected chi connectivity index (χ1v) is 11.6. The molecule has 0 rings (SSSR count). The number of aliphatic hydroxyl groups excluding tert-OH is 4. The summed E-state index contributed by atoms with van der Waals surface area (Å²) in [5.41, 5.74) is -0.667. The maximum Gasteiger partial charge on any atom is 0.0531 e. The van der Waals surface area contributed by atoms with Gasteiger partial charge in [0.15, 0.2) is 0 Å². The normalized spacial score (nSPS) is 11.3. The van der Waals surface area contributed by atoms with Crippen LogP contribution in [0.5, 0.6) is 0 Å². The fraction of sp³-hybridized carbons (Fsp3) is 1.00. The van der Waals surface area contributed by atoms with Gasteiger partial charge in [-0.05, 0) is 12.8 Å². The number of aliphatic hydroxyl groups is 4. The highest BCUT2D eigenvalue weighted by atomic mass is 16.3. The summed E-state index contributed by atoms with van der Waals surface area (Å²) in [6.45, 7) is 4.01. The van der Waals surface area contributed by atoms with Gasteiger partial charge in [0, 0.05) is 12.0 Å². The Balaban J connectivity index is 0. The molecular formula is C23H50O4. The van der Waals surface area contributed by atoms with Gasteiger partial charge in [-0.25, -0.2) is 0 Å². The molecule has 27 heavy (non-hydrogen) atoms. The summed E-state index contributed by atoms with van der Waals surface area (Å²) < 4.78 is 0. The average molecular weight is 391 g/mol. The predicted molar refractivity (Wildman–Crippen MR) is 116 cm³/mol. The van der Waals surface area contributed by atoms with Crippen molar-refractivity contribution in [2.24, 2.45) is 5.41 Å². The van der Waals surface area contributed by atoms with Crippen LogP contribution >= 0.6 is 0 Å². The van der Waals surface area contributed by atoms with Crippen LogP contribution in [0.15, 0.2) is 0 Å². The van der Waals surface area contributed by atoms with Gasteiger partial charge in [-0.3, -0.25) is 0 Å². The molecule has 0 saturated heterocycles. The van der Waals surface area contributed by atoms with E-state index >= 15 is 0 Å². The molecule has 0 bridgehead atoms. The number of hydrogen-bond acceptors (Lipinski definition) is 4. The summed E-state index contributed by atoms with van der Waals surface area (Å²) in [7, 11) is 0. The Morgan fingerprint density at radius 1 is 0.444 bits per heavy atom. The molecule has 0 unspecified atom stereocenters. The van der Waals surface area contributed by atoms with Crippen molar-refractivity contribution >= 4 is 0 Å². The minimum absolute atomic E-state index is 0.156. The quantitative estimate of drug-likeness (QED) is 0.228. The van der Waals surface area contributed by atoms with Crippen molar-refractivity contribution in [1.29, 1.82) is 0 Å². The first-order valence-electron chi connectivity index (χ1n) is 11.6. The molecule has 0 radical (unpaired) electrons. The lowest BCUT2D eigenvalue weighted by Gasteiger charge is -2.24. The van der Waals surface area contributed by atoms with Crippen LogP contribution < -0.4 is 0 Å². The first-order chi connectivity index (χ1) is 13.2. The zero-order valence-electron chi connectivity index (χ0n) is 18.4. The van der Waals surface area contributed by atoms with Crippen molar-refractivity contribution in [1.82, 2.24) is 0 Å². The number of rotatable bonds is 19. The molecule has 0 heterocycles. The van der Waals surface area contributed by atoms with Gasteiger partial charge in [0.1, 0.15) is 0 Å². The Hall–Kier alpha value is -0.160. The van der Waals surface area contributed by atoms with Crippen molar-refractivity contribution in [3.63, 3.8) is 0 Å². The van der Waals surface area contributed by atoms with Gasteiger partial charge in [0.2, 0.25) is 0 Å². The summed E-state index contributed by atoms with van der Waals surface area (Å²) in [6.07, 6.45) is 21.3. The molecule has 4 N–H and O–H groups in total. The van der Waals surface area contributed by atoms with Gasteiger partial charge in [-0.2, -0.15) is 0 Å². The molecule has 4 heteroatoms. The minimum Gasteiger partial charge on any atom is -0.396 e. The summed E-state index contributed by atoms with van der Waals surface area (Å²) >= 11 is 0. The largest absolute Gasteiger partial charge is 0.396 e. The molecule has 0 fully saturated rings. The summed E-state index contributed by atoms with van der Waals surface area (Å²) in [5.74, 6) is 0. The summed E-state index contributed by atoms with van der Waals surface area (Å²) in [6, 6.07) is 0. The highest BCUT2D eigenvalue weighted by molar-refractivity contribution is 4.74. The first kappa shape index (κ1) is 29.0. The topological polar surface area (TPSA) is 80.9 Å². The van der Waals surface area contributed by atoms with E-state index in [1.54, 1.807) is 0 Å². The summed E-state index contributed by atoms with van der Waals surface area (Å²) in [5, 5.41) is 34.6. The van der Waals surface area contributed by atoms with Crippen molar-refractivity contribution in [2.75, 3.05) is 26.4 Å². The number of hydrogen-bond donors (Lipinski definition) is 4. The van der Waals surface area contributed by atoms with Gasteiger partial charge in [0.25, 0.3) is 0 Å². The number of unbranched alkanes of at least 4 members (excludes halogenated alkanes) is 14.